The molecule has 3 aromatic rings. The van der Waals surface area contributed by atoms with Crippen molar-refractivity contribution in [3.63, 3.8) is 0 Å². The van der Waals surface area contributed by atoms with E-state index < -0.39 is 6.04 Å². The molecule has 5 rings (SSSR count). The number of thiazole rings is 1. The zero-order chi connectivity index (χ0) is 22.1. The number of rotatable bonds is 4. The van der Waals surface area contributed by atoms with E-state index in [9.17, 15) is 10.1 Å². The lowest BCUT2D eigenvalue weighted by Gasteiger charge is -2.29. The molecule has 0 spiro atoms. The lowest BCUT2D eigenvalue weighted by molar-refractivity contribution is -0.526. The van der Waals surface area contributed by atoms with Gasteiger partial charge in [-0.2, -0.15) is 0 Å². The van der Waals surface area contributed by atoms with Crippen LogP contribution in [0.5, 0.6) is 0 Å². The number of likely N-dealkylation sites (N-methyl/N-ethyl adjacent to an activating group) is 1. The molecule has 32 heavy (non-hydrogen) atoms. The van der Waals surface area contributed by atoms with E-state index in [0.717, 1.165) is 29.1 Å². The first-order valence-corrected chi connectivity index (χ1v) is 11.8. The Hall–Kier alpha value is -3.25. The summed E-state index contributed by atoms with van der Waals surface area (Å²) < 4.78 is 1.17. The van der Waals surface area contributed by atoms with Crippen molar-refractivity contribution in [2.45, 2.75) is 31.7 Å². The Morgan fingerprint density at radius 1 is 1.09 bits per heavy atom. The zero-order valence-electron chi connectivity index (χ0n) is 18.0. The van der Waals surface area contributed by atoms with Crippen LogP contribution in [0.2, 0.25) is 0 Å². The van der Waals surface area contributed by atoms with Crippen LogP contribution in [0.3, 0.4) is 0 Å². The fraction of sp³-hybridized carbons (Fsp3) is 0.269. The number of anilines is 1. The van der Waals surface area contributed by atoms with Gasteiger partial charge in [-0.05, 0) is 66.3 Å². The molecular formula is C26H25N3O2S. The van der Waals surface area contributed by atoms with Crippen molar-refractivity contribution in [3.8, 4) is 0 Å². The first-order valence-electron chi connectivity index (χ1n) is 11.0. The zero-order valence-corrected chi connectivity index (χ0v) is 18.8. The molecule has 0 radical (unpaired) electrons. The highest BCUT2D eigenvalue weighted by molar-refractivity contribution is 7.19. The number of fused-ring (bicyclic) bond motifs is 2. The molecule has 0 saturated heterocycles. The van der Waals surface area contributed by atoms with Gasteiger partial charge in [0, 0.05) is 36.2 Å². The minimum atomic E-state index is -0.410. The van der Waals surface area contributed by atoms with Gasteiger partial charge in [-0.25, -0.2) is 4.98 Å². The molecule has 2 heterocycles. The largest absolute Gasteiger partial charge is 0.344 e. The lowest BCUT2D eigenvalue weighted by atomic mass is 9.81. The van der Waals surface area contributed by atoms with Crippen LogP contribution in [0.15, 0.2) is 72.0 Å². The molecule has 0 bridgehead atoms. The summed E-state index contributed by atoms with van der Waals surface area (Å²) in [6.07, 6.45) is 11.7. The third-order valence-corrected chi connectivity index (χ3v) is 7.48. The van der Waals surface area contributed by atoms with Gasteiger partial charge in [-0.3, -0.25) is 10.1 Å². The van der Waals surface area contributed by atoms with Crippen molar-refractivity contribution >= 4 is 39.4 Å². The van der Waals surface area contributed by atoms with E-state index in [0.29, 0.717) is 18.8 Å². The molecule has 2 aromatic carbocycles. The molecule has 0 amide bonds. The molecule has 0 atom stereocenters. The van der Waals surface area contributed by atoms with Gasteiger partial charge < -0.3 is 4.90 Å². The quantitative estimate of drug-likeness (QED) is 0.338. The normalized spacial score (nSPS) is 22.3. The van der Waals surface area contributed by atoms with Crippen molar-refractivity contribution in [1.82, 2.24) is 4.98 Å². The van der Waals surface area contributed by atoms with Crippen molar-refractivity contribution in [1.29, 1.82) is 0 Å². The monoisotopic (exact) mass is 443 g/mol. The van der Waals surface area contributed by atoms with Crippen LogP contribution in [-0.2, 0) is 0 Å². The van der Waals surface area contributed by atoms with Crippen LogP contribution in [0, 0.1) is 16.0 Å². The molecular weight excluding hydrogens is 418 g/mol. The molecule has 0 N–H and O–H groups in total. The van der Waals surface area contributed by atoms with Gasteiger partial charge in [-0.1, -0.05) is 36.4 Å². The fourth-order valence-electron chi connectivity index (χ4n) is 4.67. The molecule has 162 valence electrons. The maximum atomic E-state index is 11.3. The number of allylic oxidation sites excluding steroid dienone is 3. The predicted octanol–water partition coefficient (Wildman–Crippen LogP) is 6.56. The average Bonchev–Trinajstić information content (AvgIpc) is 3.23. The third kappa shape index (κ3) is 4.10. The Balaban J connectivity index is 1.51. The topological polar surface area (TPSA) is 59.3 Å². The van der Waals surface area contributed by atoms with E-state index in [1.807, 2.05) is 18.2 Å². The highest BCUT2D eigenvalue weighted by atomic mass is 32.1. The Kier molecular flexibility index (Phi) is 5.62. The van der Waals surface area contributed by atoms with Crippen LogP contribution in [0.25, 0.3) is 22.4 Å². The highest BCUT2D eigenvalue weighted by Gasteiger charge is 2.30. The van der Waals surface area contributed by atoms with Crippen molar-refractivity contribution < 1.29 is 4.92 Å². The van der Waals surface area contributed by atoms with E-state index in [1.54, 1.807) is 11.3 Å². The second-order valence-electron chi connectivity index (χ2n) is 8.48. The molecule has 5 nitrogen and oxygen atoms in total. The van der Waals surface area contributed by atoms with E-state index in [2.05, 4.69) is 66.6 Å². The van der Waals surface area contributed by atoms with E-state index >= 15 is 0 Å². The van der Waals surface area contributed by atoms with Crippen LogP contribution >= 0.6 is 11.3 Å². The number of hydrogen-bond donors (Lipinski definition) is 0. The van der Waals surface area contributed by atoms with Crippen molar-refractivity contribution in [3.05, 3.63) is 92.6 Å². The Morgan fingerprint density at radius 3 is 2.62 bits per heavy atom. The van der Waals surface area contributed by atoms with Crippen molar-refractivity contribution in [2.24, 2.45) is 5.92 Å². The Bertz CT molecular complexity index is 1220. The standard InChI is InChI=1S/C26H25N3O2S/c1-28-22(15-12-19-6-2-4-8-24(19)28)16-20(18-10-13-21(14-11-18)29(30)31)17-26-27-23-7-3-5-9-25(23)32-26/h2-9,12,15-18,21H,10-11,13-14H2,1H3/b20-17-,22-16+. The minimum Gasteiger partial charge on any atom is -0.344 e. The fourth-order valence-corrected chi connectivity index (χ4v) is 5.60. The summed E-state index contributed by atoms with van der Waals surface area (Å²) in [6.45, 7) is 0. The second-order valence-corrected chi connectivity index (χ2v) is 9.54. The second kappa shape index (κ2) is 8.71. The van der Waals surface area contributed by atoms with E-state index in [1.165, 1.54) is 21.5 Å². The minimum absolute atomic E-state index is 0.111. The summed E-state index contributed by atoms with van der Waals surface area (Å²) in [4.78, 5) is 18.2. The summed E-state index contributed by atoms with van der Waals surface area (Å²) in [7, 11) is 2.09. The number of hydrogen-bond acceptors (Lipinski definition) is 5. The summed E-state index contributed by atoms with van der Waals surface area (Å²) in [6, 6.07) is 16.1. The van der Waals surface area contributed by atoms with Gasteiger partial charge in [0.25, 0.3) is 0 Å². The van der Waals surface area contributed by atoms with Gasteiger partial charge in [0.2, 0.25) is 6.04 Å². The summed E-state index contributed by atoms with van der Waals surface area (Å²) >= 11 is 1.69. The van der Waals surface area contributed by atoms with Crippen molar-refractivity contribution in [2.75, 3.05) is 11.9 Å². The smallest absolute Gasteiger partial charge is 0.213 e. The molecule has 1 aliphatic heterocycles. The SMILES string of the molecule is CN1/C(=C/C(=C/c2nc3ccccc3s2)C2CCC([N+](=O)[O-])CC2)C=Cc2ccccc21. The van der Waals surface area contributed by atoms with Crippen LogP contribution in [0.1, 0.15) is 36.3 Å². The maximum absolute atomic E-state index is 11.3. The molecule has 1 fully saturated rings. The van der Waals surface area contributed by atoms with Gasteiger partial charge >= 0.3 is 0 Å². The van der Waals surface area contributed by atoms with Crippen LogP contribution < -0.4 is 4.90 Å². The summed E-state index contributed by atoms with van der Waals surface area (Å²) in [5.74, 6) is 0.296. The molecule has 1 aliphatic carbocycles. The first-order chi connectivity index (χ1) is 15.6. The number of nitrogens with zero attached hydrogens (tertiary/aromatic N) is 3. The first kappa shape index (κ1) is 20.6. The van der Waals surface area contributed by atoms with Crippen LogP contribution in [-0.4, -0.2) is 23.0 Å². The third-order valence-electron chi connectivity index (χ3n) is 6.50. The van der Waals surface area contributed by atoms with Gasteiger partial charge in [0.1, 0.15) is 5.01 Å². The highest BCUT2D eigenvalue weighted by Crippen LogP contribution is 2.36. The Morgan fingerprint density at radius 2 is 1.84 bits per heavy atom. The Labute approximate surface area is 191 Å². The molecule has 2 aliphatic rings. The molecule has 0 unspecified atom stereocenters. The number of benzene rings is 2. The number of aromatic nitrogens is 1. The van der Waals surface area contributed by atoms with Gasteiger partial charge in [-0.15, -0.1) is 11.3 Å². The molecule has 6 heteroatoms. The summed E-state index contributed by atoms with van der Waals surface area (Å²) in [5.41, 5.74) is 5.72. The van der Waals surface area contributed by atoms with Gasteiger partial charge in [0.05, 0.1) is 10.2 Å². The average molecular weight is 444 g/mol. The van der Waals surface area contributed by atoms with E-state index in [4.69, 9.17) is 4.98 Å². The maximum Gasteiger partial charge on any atom is 0.213 e. The lowest BCUT2D eigenvalue weighted by Crippen LogP contribution is -2.27. The predicted molar refractivity (Wildman–Crippen MR) is 132 cm³/mol. The van der Waals surface area contributed by atoms with E-state index in [-0.39, 0.29) is 4.92 Å². The molecule has 1 aromatic heterocycles. The van der Waals surface area contributed by atoms with Crippen LogP contribution in [0.4, 0.5) is 5.69 Å². The van der Waals surface area contributed by atoms with Gasteiger partial charge in [0.15, 0.2) is 0 Å². The summed E-state index contributed by atoms with van der Waals surface area (Å²) in [5, 5.41) is 12.2. The molecule has 1 saturated carbocycles. The number of nitro groups is 1. The number of para-hydroxylation sites is 2.